The van der Waals surface area contributed by atoms with E-state index in [1.54, 1.807) is 29.2 Å². The molecule has 2 aromatic rings. The van der Waals surface area contributed by atoms with Crippen LogP contribution >= 0.6 is 0 Å². The molecule has 2 aliphatic heterocycles. The second-order valence-electron chi connectivity index (χ2n) is 7.82. The number of nitrogens with zero attached hydrogens (tertiary/aromatic N) is 1. The first-order chi connectivity index (χ1) is 13.4. The molecule has 0 spiro atoms. The molecule has 0 aliphatic carbocycles. The van der Waals surface area contributed by atoms with Crippen LogP contribution < -0.4 is 10.1 Å². The lowest BCUT2D eigenvalue weighted by atomic mass is 10.1. The monoisotopic (exact) mass is 380 g/mol. The van der Waals surface area contributed by atoms with Crippen LogP contribution in [0.25, 0.3) is 0 Å². The van der Waals surface area contributed by atoms with Crippen LogP contribution in [0.5, 0.6) is 5.75 Å². The van der Waals surface area contributed by atoms with Crippen LogP contribution in [0.2, 0.25) is 0 Å². The standard InChI is InChI=1S/C22H24N2O4/c1-22(2)14-24(10-11-27-22)21(26)16-7-5-8-17(12-16)23-20(25)19-13-15-6-3-4-9-18(15)28-19/h3-9,12,19H,10-11,13-14H2,1-2H3,(H,23,25). The van der Waals surface area contributed by atoms with E-state index in [9.17, 15) is 9.59 Å². The third-order valence-corrected chi connectivity index (χ3v) is 5.03. The first-order valence-electron chi connectivity index (χ1n) is 9.50. The van der Waals surface area contributed by atoms with Gasteiger partial charge >= 0.3 is 0 Å². The molecule has 2 amide bonds. The molecule has 0 saturated carbocycles. The predicted octanol–water partition coefficient (Wildman–Crippen LogP) is 2.88. The van der Waals surface area contributed by atoms with Gasteiger partial charge in [0.25, 0.3) is 11.8 Å². The largest absolute Gasteiger partial charge is 0.480 e. The summed E-state index contributed by atoms with van der Waals surface area (Å²) in [5.41, 5.74) is 1.81. The number of fused-ring (bicyclic) bond motifs is 1. The molecule has 1 atom stereocenters. The minimum atomic E-state index is -0.559. The van der Waals surface area contributed by atoms with Gasteiger partial charge in [0.1, 0.15) is 5.75 Å². The van der Waals surface area contributed by atoms with Gasteiger partial charge in [0, 0.05) is 30.8 Å². The molecular formula is C22H24N2O4. The Morgan fingerprint density at radius 1 is 1.14 bits per heavy atom. The zero-order chi connectivity index (χ0) is 19.7. The Morgan fingerprint density at radius 3 is 2.75 bits per heavy atom. The summed E-state index contributed by atoms with van der Waals surface area (Å²) in [6.45, 7) is 5.57. The number of amides is 2. The Balaban J connectivity index is 1.43. The molecule has 28 heavy (non-hydrogen) atoms. The first kappa shape index (κ1) is 18.5. The van der Waals surface area contributed by atoms with Gasteiger partial charge in [0.2, 0.25) is 0 Å². The minimum Gasteiger partial charge on any atom is -0.480 e. The molecule has 1 fully saturated rings. The molecule has 0 radical (unpaired) electrons. The SMILES string of the molecule is CC1(C)CN(C(=O)c2cccc(NC(=O)C3Cc4ccccc4O3)c2)CCO1. The summed E-state index contributed by atoms with van der Waals surface area (Å²) in [5, 5.41) is 2.87. The van der Waals surface area contributed by atoms with Crippen molar-refractivity contribution in [3.05, 3.63) is 59.7 Å². The van der Waals surface area contributed by atoms with Gasteiger partial charge in [0.05, 0.1) is 12.2 Å². The van der Waals surface area contributed by atoms with Crippen LogP contribution in [0.15, 0.2) is 48.5 Å². The molecule has 1 unspecified atom stereocenters. The van der Waals surface area contributed by atoms with Crippen molar-refractivity contribution in [3.63, 3.8) is 0 Å². The van der Waals surface area contributed by atoms with Crippen molar-refractivity contribution in [1.82, 2.24) is 4.90 Å². The lowest BCUT2D eigenvalue weighted by Gasteiger charge is -2.38. The number of nitrogens with one attached hydrogen (secondary N) is 1. The summed E-state index contributed by atoms with van der Waals surface area (Å²) in [7, 11) is 0. The Morgan fingerprint density at radius 2 is 1.96 bits per heavy atom. The van der Waals surface area contributed by atoms with E-state index in [4.69, 9.17) is 9.47 Å². The van der Waals surface area contributed by atoms with Gasteiger partial charge in [-0.1, -0.05) is 24.3 Å². The molecule has 2 aliphatic rings. The van der Waals surface area contributed by atoms with Gasteiger partial charge in [-0.3, -0.25) is 9.59 Å². The Hall–Kier alpha value is -2.86. The second kappa shape index (κ2) is 7.28. The van der Waals surface area contributed by atoms with Crippen molar-refractivity contribution in [1.29, 1.82) is 0 Å². The van der Waals surface area contributed by atoms with Crippen molar-refractivity contribution in [2.45, 2.75) is 32.0 Å². The molecule has 146 valence electrons. The number of anilines is 1. The average Bonchev–Trinajstić information content (AvgIpc) is 3.11. The number of rotatable bonds is 3. The van der Waals surface area contributed by atoms with Gasteiger partial charge in [-0.05, 0) is 43.7 Å². The van der Waals surface area contributed by atoms with Crippen LogP contribution in [0.1, 0.15) is 29.8 Å². The molecule has 6 heteroatoms. The van der Waals surface area contributed by atoms with E-state index in [1.165, 1.54) is 0 Å². The number of ether oxygens (including phenoxy) is 2. The Labute approximate surface area is 164 Å². The fourth-order valence-corrected chi connectivity index (χ4v) is 3.65. The van der Waals surface area contributed by atoms with Crippen LogP contribution in [-0.2, 0) is 16.0 Å². The van der Waals surface area contributed by atoms with Crippen LogP contribution in [0.4, 0.5) is 5.69 Å². The summed E-state index contributed by atoms with van der Waals surface area (Å²) < 4.78 is 11.4. The Kier molecular flexibility index (Phi) is 4.81. The van der Waals surface area contributed by atoms with Gasteiger partial charge in [-0.2, -0.15) is 0 Å². The van der Waals surface area contributed by atoms with Crippen molar-refractivity contribution in [3.8, 4) is 5.75 Å². The predicted molar refractivity (Wildman–Crippen MR) is 106 cm³/mol. The summed E-state index contributed by atoms with van der Waals surface area (Å²) >= 11 is 0. The fourth-order valence-electron chi connectivity index (χ4n) is 3.65. The van der Waals surface area contributed by atoms with Gasteiger partial charge in [0.15, 0.2) is 6.10 Å². The van der Waals surface area contributed by atoms with Gasteiger partial charge < -0.3 is 19.7 Å². The molecule has 6 nitrogen and oxygen atoms in total. The van der Waals surface area contributed by atoms with E-state index in [0.717, 1.165) is 11.3 Å². The second-order valence-corrected chi connectivity index (χ2v) is 7.82. The average molecular weight is 380 g/mol. The summed E-state index contributed by atoms with van der Waals surface area (Å²) in [6.07, 6.45) is -0.0134. The third kappa shape index (κ3) is 3.87. The lowest BCUT2D eigenvalue weighted by molar-refractivity contribution is -0.122. The zero-order valence-electron chi connectivity index (χ0n) is 16.1. The number of para-hydroxylation sites is 1. The normalized spacial score (nSPS) is 20.2. The van der Waals surface area contributed by atoms with Crippen LogP contribution in [-0.4, -0.2) is 48.1 Å². The maximum Gasteiger partial charge on any atom is 0.265 e. The highest BCUT2D eigenvalue weighted by molar-refractivity contribution is 5.98. The van der Waals surface area contributed by atoms with Crippen molar-refractivity contribution in [2.75, 3.05) is 25.0 Å². The van der Waals surface area contributed by atoms with Crippen molar-refractivity contribution in [2.24, 2.45) is 0 Å². The molecule has 0 aromatic heterocycles. The molecule has 1 saturated heterocycles. The van der Waals surface area contributed by atoms with Gasteiger partial charge in [-0.25, -0.2) is 0 Å². The van der Waals surface area contributed by atoms with E-state index in [2.05, 4.69) is 5.32 Å². The highest BCUT2D eigenvalue weighted by Crippen LogP contribution is 2.29. The smallest absolute Gasteiger partial charge is 0.265 e. The van der Waals surface area contributed by atoms with E-state index in [0.29, 0.717) is 37.4 Å². The number of hydrogen-bond donors (Lipinski definition) is 1. The van der Waals surface area contributed by atoms with Crippen LogP contribution in [0.3, 0.4) is 0 Å². The first-order valence-corrected chi connectivity index (χ1v) is 9.50. The van der Waals surface area contributed by atoms with E-state index in [-0.39, 0.29) is 17.4 Å². The van der Waals surface area contributed by atoms with E-state index >= 15 is 0 Å². The van der Waals surface area contributed by atoms with Gasteiger partial charge in [-0.15, -0.1) is 0 Å². The summed E-state index contributed by atoms with van der Waals surface area (Å²) in [6, 6.07) is 14.7. The van der Waals surface area contributed by atoms with Crippen LogP contribution in [0, 0.1) is 0 Å². The number of carbonyl (C=O) groups excluding carboxylic acids is 2. The fraction of sp³-hybridized carbons (Fsp3) is 0.364. The summed E-state index contributed by atoms with van der Waals surface area (Å²) in [4.78, 5) is 27.3. The lowest BCUT2D eigenvalue weighted by Crippen LogP contribution is -2.50. The topological polar surface area (TPSA) is 67.9 Å². The third-order valence-electron chi connectivity index (χ3n) is 5.03. The molecule has 2 heterocycles. The summed E-state index contributed by atoms with van der Waals surface area (Å²) in [5.74, 6) is 0.479. The van der Waals surface area contributed by atoms with Crippen molar-refractivity contribution >= 4 is 17.5 Å². The highest BCUT2D eigenvalue weighted by Gasteiger charge is 2.31. The molecule has 2 aromatic carbocycles. The maximum atomic E-state index is 12.9. The number of hydrogen-bond acceptors (Lipinski definition) is 4. The number of carbonyl (C=O) groups is 2. The maximum absolute atomic E-state index is 12.9. The molecular weight excluding hydrogens is 356 g/mol. The quantitative estimate of drug-likeness (QED) is 0.889. The molecule has 0 bridgehead atoms. The molecule has 1 N–H and O–H groups in total. The minimum absolute atomic E-state index is 0.0583. The highest BCUT2D eigenvalue weighted by atomic mass is 16.5. The van der Waals surface area contributed by atoms with Crippen molar-refractivity contribution < 1.29 is 19.1 Å². The Bertz CT molecular complexity index is 884. The molecule has 4 rings (SSSR count). The number of benzene rings is 2. The zero-order valence-corrected chi connectivity index (χ0v) is 16.1. The van der Waals surface area contributed by atoms with E-state index in [1.807, 2.05) is 38.1 Å². The van der Waals surface area contributed by atoms with E-state index < -0.39 is 6.10 Å². The number of morpholine rings is 1.